The first-order valence-electron chi connectivity index (χ1n) is 14.0. The Morgan fingerprint density at radius 3 is 2.59 bits per heavy atom. The van der Waals surface area contributed by atoms with E-state index in [4.69, 9.17) is 9.47 Å². The maximum Gasteiger partial charge on any atom is 0.272 e. The number of piperazine rings is 1. The molecule has 0 spiro atoms. The number of carbonyl (C=O) groups is 1. The molecular formula is C30H42N4O3. The number of likely N-dealkylation sites (tertiary alicyclic amines) is 2. The van der Waals surface area contributed by atoms with Crippen LogP contribution in [0.4, 0.5) is 0 Å². The van der Waals surface area contributed by atoms with Crippen molar-refractivity contribution in [2.24, 2.45) is 0 Å². The van der Waals surface area contributed by atoms with Crippen LogP contribution in [-0.2, 0) is 11.2 Å². The smallest absolute Gasteiger partial charge is 0.272 e. The summed E-state index contributed by atoms with van der Waals surface area (Å²) in [5, 5.41) is 0. The van der Waals surface area contributed by atoms with Crippen LogP contribution in [0.15, 0.2) is 30.5 Å². The Bertz CT molecular complexity index is 1080. The van der Waals surface area contributed by atoms with Crippen molar-refractivity contribution in [3.05, 3.63) is 58.4 Å². The van der Waals surface area contributed by atoms with E-state index in [1.165, 1.54) is 16.7 Å². The zero-order chi connectivity index (χ0) is 25.9. The number of morpholine rings is 1. The van der Waals surface area contributed by atoms with Crippen LogP contribution in [0.1, 0.15) is 65.5 Å². The third kappa shape index (κ3) is 5.54. The Balaban J connectivity index is 1.16. The van der Waals surface area contributed by atoms with Gasteiger partial charge in [0.2, 0.25) is 0 Å². The van der Waals surface area contributed by atoms with E-state index in [2.05, 4.69) is 54.6 Å². The molecule has 3 saturated heterocycles. The van der Waals surface area contributed by atoms with Crippen LogP contribution in [0.5, 0.6) is 5.75 Å². The van der Waals surface area contributed by atoms with Gasteiger partial charge in [-0.05, 0) is 74.4 Å². The normalized spacial score (nSPS) is 23.0. The maximum absolute atomic E-state index is 13.1. The highest BCUT2D eigenvalue weighted by Crippen LogP contribution is 2.39. The van der Waals surface area contributed by atoms with Crippen molar-refractivity contribution in [1.29, 1.82) is 0 Å². The van der Waals surface area contributed by atoms with Gasteiger partial charge >= 0.3 is 0 Å². The number of hydrogen-bond donors (Lipinski definition) is 0. The fourth-order valence-corrected chi connectivity index (χ4v) is 6.23. The van der Waals surface area contributed by atoms with Gasteiger partial charge in [-0.25, -0.2) is 0 Å². The molecule has 1 aromatic carbocycles. The van der Waals surface area contributed by atoms with Gasteiger partial charge in [0.15, 0.2) is 0 Å². The summed E-state index contributed by atoms with van der Waals surface area (Å²) in [7, 11) is 0. The van der Waals surface area contributed by atoms with E-state index in [-0.39, 0.29) is 11.9 Å². The lowest BCUT2D eigenvalue weighted by molar-refractivity contribution is 0.0358. The Kier molecular flexibility index (Phi) is 8.12. The molecule has 0 N–H and O–H groups in total. The Morgan fingerprint density at radius 1 is 1.11 bits per heavy atom. The summed E-state index contributed by atoms with van der Waals surface area (Å²) in [4.78, 5) is 24.7. The van der Waals surface area contributed by atoms with Crippen molar-refractivity contribution in [2.75, 3.05) is 52.5 Å². The van der Waals surface area contributed by atoms with Gasteiger partial charge in [-0.15, -0.1) is 0 Å². The zero-order valence-corrected chi connectivity index (χ0v) is 22.9. The number of hydrogen-bond acceptors (Lipinski definition) is 6. The molecule has 1 amide bonds. The van der Waals surface area contributed by atoms with Gasteiger partial charge in [0, 0.05) is 57.0 Å². The number of carbonyl (C=O) groups excluding carboxylic acids is 1. The number of amides is 1. The van der Waals surface area contributed by atoms with Crippen molar-refractivity contribution in [1.82, 2.24) is 19.7 Å². The molecule has 2 bridgehead atoms. The fraction of sp³-hybridized carbons (Fsp3) is 0.600. The van der Waals surface area contributed by atoms with Crippen LogP contribution in [0.3, 0.4) is 0 Å². The van der Waals surface area contributed by atoms with Crippen LogP contribution in [0.2, 0.25) is 0 Å². The summed E-state index contributed by atoms with van der Waals surface area (Å²) in [6.07, 6.45) is 4.84. The predicted molar refractivity (Wildman–Crippen MR) is 145 cm³/mol. The molecule has 37 heavy (non-hydrogen) atoms. The molecule has 4 heterocycles. The number of aromatic nitrogens is 1. The van der Waals surface area contributed by atoms with Gasteiger partial charge in [0.05, 0.1) is 19.8 Å². The molecule has 3 aliphatic heterocycles. The van der Waals surface area contributed by atoms with Crippen molar-refractivity contribution in [2.45, 2.75) is 65.1 Å². The second-order valence-corrected chi connectivity index (χ2v) is 10.8. The van der Waals surface area contributed by atoms with Crippen LogP contribution in [0, 0.1) is 13.8 Å². The van der Waals surface area contributed by atoms with Gasteiger partial charge in [0.1, 0.15) is 11.4 Å². The zero-order valence-electron chi connectivity index (χ0n) is 22.9. The first kappa shape index (κ1) is 26.1. The number of ether oxygens (including phenoxy) is 2. The van der Waals surface area contributed by atoms with Gasteiger partial charge in [0.25, 0.3) is 5.91 Å². The Labute approximate surface area is 221 Å². The number of rotatable bonds is 9. The topological polar surface area (TPSA) is 58.1 Å². The number of aryl methyl sites for hydroxylation is 1. The van der Waals surface area contributed by atoms with Crippen molar-refractivity contribution < 1.29 is 14.3 Å². The van der Waals surface area contributed by atoms with Crippen molar-refractivity contribution >= 4 is 5.91 Å². The first-order chi connectivity index (χ1) is 18.0. The number of fused-ring (bicyclic) bond motifs is 2. The first-order valence-corrected chi connectivity index (χ1v) is 14.0. The van der Waals surface area contributed by atoms with Crippen molar-refractivity contribution in [3.8, 4) is 5.75 Å². The molecule has 1 aromatic heterocycles. The summed E-state index contributed by atoms with van der Waals surface area (Å²) in [6, 6.07) is 9.27. The minimum Gasteiger partial charge on any atom is -0.493 e. The van der Waals surface area contributed by atoms with Gasteiger partial charge in [-0.3, -0.25) is 19.6 Å². The van der Waals surface area contributed by atoms with E-state index in [1.807, 2.05) is 23.2 Å². The predicted octanol–water partition coefficient (Wildman–Crippen LogP) is 4.02. The molecule has 200 valence electrons. The van der Waals surface area contributed by atoms with Crippen molar-refractivity contribution in [3.63, 3.8) is 0 Å². The van der Waals surface area contributed by atoms with E-state index < -0.39 is 0 Å². The third-order valence-corrected chi connectivity index (χ3v) is 8.70. The Hall–Kier alpha value is -2.48. The minimum atomic E-state index is 0.0737. The molecule has 0 saturated carbocycles. The van der Waals surface area contributed by atoms with E-state index in [0.29, 0.717) is 17.8 Å². The molecule has 0 radical (unpaired) electrons. The highest BCUT2D eigenvalue weighted by atomic mass is 16.5. The Morgan fingerprint density at radius 2 is 1.92 bits per heavy atom. The highest BCUT2D eigenvalue weighted by molar-refractivity contribution is 5.93. The lowest BCUT2D eigenvalue weighted by Crippen LogP contribution is -2.49. The van der Waals surface area contributed by atoms with E-state index in [9.17, 15) is 4.79 Å². The van der Waals surface area contributed by atoms with Crippen LogP contribution in [0.25, 0.3) is 0 Å². The molecule has 7 nitrogen and oxygen atoms in total. The molecule has 3 aliphatic rings. The lowest BCUT2D eigenvalue weighted by atomic mass is 9.96. The summed E-state index contributed by atoms with van der Waals surface area (Å²) in [6.45, 7) is 16.1. The minimum absolute atomic E-state index is 0.0737. The largest absolute Gasteiger partial charge is 0.493 e. The van der Waals surface area contributed by atoms with Gasteiger partial charge in [-0.1, -0.05) is 19.1 Å². The second kappa shape index (κ2) is 11.5. The maximum atomic E-state index is 13.1. The SMILES string of the molecule is CCc1ccc(C(=O)N2C[C@H]3C[C@@H]2CN3[C@@H](C)c2ccc(OCCCN3CCOCC3)c(C)c2C)nc1. The highest BCUT2D eigenvalue weighted by Gasteiger charge is 2.47. The van der Waals surface area contributed by atoms with Crippen LogP contribution < -0.4 is 4.74 Å². The fourth-order valence-electron chi connectivity index (χ4n) is 6.23. The third-order valence-electron chi connectivity index (χ3n) is 8.70. The van der Waals surface area contributed by atoms with E-state index in [1.54, 1.807) is 0 Å². The van der Waals surface area contributed by atoms with Gasteiger partial charge < -0.3 is 14.4 Å². The van der Waals surface area contributed by atoms with Crippen LogP contribution in [-0.4, -0.2) is 90.2 Å². The molecule has 0 aliphatic carbocycles. The summed E-state index contributed by atoms with van der Waals surface area (Å²) in [5.41, 5.74) is 5.64. The molecule has 3 atom stereocenters. The average molecular weight is 507 g/mol. The number of benzene rings is 1. The summed E-state index contributed by atoms with van der Waals surface area (Å²) < 4.78 is 11.6. The number of nitrogens with zero attached hydrogens (tertiary/aromatic N) is 4. The quantitative estimate of drug-likeness (QED) is 0.479. The standard InChI is InChI=1S/C30H42N4O3/c1-5-24-7-9-28(31-18-24)30(35)34-20-25-17-26(34)19-33(25)23(4)27-8-10-29(22(3)21(27)2)37-14-6-11-32-12-15-36-16-13-32/h7-10,18,23,25-26H,5-6,11-17,19-20H2,1-4H3/t23-,25+,26+/m0/s1. The summed E-state index contributed by atoms with van der Waals surface area (Å²) >= 11 is 0. The second-order valence-electron chi connectivity index (χ2n) is 10.8. The monoisotopic (exact) mass is 506 g/mol. The van der Waals surface area contributed by atoms with E-state index >= 15 is 0 Å². The summed E-state index contributed by atoms with van der Waals surface area (Å²) in [5.74, 6) is 1.07. The lowest BCUT2D eigenvalue weighted by Gasteiger charge is -2.38. The van der Waals surface area contributed by atoms with Crippen LogP contribution >= 0.6 is 0 Å². The molecule has 5 rings (SSSR count). The molecule has 7 heteroatoms. The molecular weight excluding hydrogens is 464 g/mol. The molecule has 3 fully saturated rings. The average Bonchev–Trinajstić information content (AvgIpc) is 3.55. The molecule has 2 aromatic rings. The number of pyridine rings is 1. The van der Waals surface area contributed by atoms with Gasteiger partial charge in [-0.2, -0.15) is 0 Å². The molecule has 0 unspecified atom stereocenters. The van der Waals surface area contributed by atoms with E-state index in [0.717, 1.165) is 83.1 Å².